The highest BCUT2D eigenvalue weighted by atomic mass is 79.9. The Morgan fingerprint density at radius 2 is 1.90 bits per heavy atom. The zero-order chi connectivity index (χ0) is 14.1. The third-order valence-electron chi connectivity index (χ3n) is 3.47. The molecule has 2 nitrogen and oxygen atoms in total. The minimum atomic E-state index is -0.894. The van der Waals surface area contributed by atoms with Crippen LogP contribution in [-0.4, -0.2) is 11.1 Å². The van der Waals surface area contributed by atoms with Gasteiger partial charge in [-0.05, 0) is 60.7 Å². The van der Waals surface area contributed by atoms with Gasteiger partial charge in [0.15, 0.2) is 0 Å². The van der Waals surface area contributed by atoms with Gasteiger partial charge in [0, 0.05) is 14.3 Å². The van der Waals surface area contributed by atoms with Gasteiger partial charge in [0.25, 0.3) is 0 Å². The van der Waals surface area contributed by atoms with Crippen molar-refractivity contribution in [1.29, 1.82) is 0 Å². The Hall–Kier alpha value is -1.26. The van der Waals surface area contributed by atoms with Crippen LogP contribution in [0.15, 0.2) is 50.7 Å². The zero-order valence-electron chi connectivity index (χ0n) is 10.7. The normalized spacial score (nSPS) is 13.2. The summed E-state index contributed by atoms with van der Waals surface area (Å²) < 4.78 is 0.785. The second-order valence-electron chi connectivity index (χ2n) is 4.83. The lowest BCUT2D eigenvalue weighted by molar-refractivity contribution is 0.0693. The topological polar surface area (TPSA) is 37.3 Å². The lowest BCUT2D eigenvalue weighted by Crippen LogP contribution is -1.98. The number of halogens is 1. The van der Waals surface area contributed by atoms with Gasteiger partial charge in [-0.15, -0.1) is 0 Å². The van der Waals surface area contributed by atoms with Crippen LogP contribution >= 0.6 is 27.7 Å². The smallest absolute Gasteiger partial charge is 0.336 e. The molecule has 0 aliphatic heterocycles. The van der Waals surface area contributed by atoms with E-state index < -0.39 is 5.97 Å². The molecule has 102 valence electrons. The van der Waals surface area contributed by atoms with Gasteiger partial charge < -0.3 is 5.11 Å². The van der Waals surface area contributed by atoms with Crippen LogP contribution in [0.5, 0.6) is 0 Å². The molecule has 0 spiro atoms. The number of carboxylic acids is 1. The molecule has 0 bridgehead atoms. The lowest BCUT2D eigenvalue weighted by Gasteiger charge is -2.08. The summed E-state index contributed by atoms with van der Waals surface area (Å²) in [5.41, 5.74) is 3.18. The molecule has 1 N–H and O–H groups in total. The molecule has 0 aromatic heterocycles. The Morgan fingerprint density at radius 3 is 2.70 bits per heavy atom. The summed E-state index contributed by atoms with van der Waals surface area (Å²) >= 11 is 4.83. The Kier molecular flexibility index (Phi) is 3.85. The van der Waals surface area contributed by atoms with Crippen molar-refractivity contribution in [2.75, 3.05) is 0 Å². The van der Waals surface area contributed by atoms with Crippen LogP contribution in [0, 0.1) is 0 Å². The van der Waals surface area contributed by atoms with Crippen molar-refractivity contribution < 1.29 is 9.90 Å². The van der Waals surface area contributed by atoms with Crippen molar-refractivity contribution in [2.45, 2.75) is 29.1 Å². The summed E-state index contributed by atoms with van der Waals surface area (Å²) in [5, 5.41) is 9.29. The van der Waals surface area contributed by atoms with Crippen LogP contribution in [0.25, 0.3) is 0 Å². The number of fused-ring (bicyclic) bond motifs is 1. The minimum Gasteiger partial charge on any atom is -0.478 e. The van der Waals surface area contributed by atoms with E-state index in [0.29, 0.717) is 5.56 Å². The van der Waals surface area contributed by atoms with E-state index in [9.17, 15) is 9.90 Å². The first-order chi connectivity index (χ1) is 9.63. The number of aryl methyl sites for hydroxylation is 2. The summed E-state index contributed by atoms with van der Waals surface area (Å²) in [5.74, 6) is -0.894. The van der Waals surface area contributed by atoms with Crippen LogP contribution in [0.1, 0.15) is 27.9 Å². The first kappa shape index (κ1) is 13.7. The molecule has 3 rings (SSSR count). The molecule has 0 heterocycles. The highest BCUT2D eigenvalue weighted by Gasteiger charge is 2.14. The molecule has 4 heteroatoms. The monoisotopic (exact) mass is 348 g/mol. The minimum absolute atomic E-state index is 0.338. The van der Waals surface area contributed by atoms with Crippen LogP contribution < -0.4 is 0 Å². The van der Waals surface area contributed by atoms with E-state index in [1.165, 1.54) is 35.7 Å². The first-order valence-electron chi connectivity index (χ1n) is 6.46. The van der Waals surface area contributed by atoms with Gasteiger partial charge in [0.2, 0.25) is 0 Å². The average molecular weight is 349 g/mol. The molecule has 0 saturated carbocycles. The maximum Gasteiger partial charge on any atom is 0.336 e. The number of hydrogen-bond acceptors (Lipinski definition) is 2. The lowest BCUT2D eigenvalue weighted by atomic mass is 10.1. The summed E-state index contributed by atoms with van der Waals surface area (Å²) in [6.45, 7) is 0. The second-order valence-corrected chi connectivity index (χ2v) is 6.86. The van der Waals surface area contributed by atoms with Gasteiger partial charge >= 0.3 is 5.97 Å². The van der Waals surface area contributed by atoms with Gasteiger partial charge in [-0.3, -0.25) is 0 Å². The summed E-state index contributed by atoms with van der Waals surface area (Å²) in [7, 11) is 0. The van der Waals surface area contributed by atoms with Gasteiger partial charge in [-0.1, -0.05) is 33.8 Å². The molecule has 0 saturated heterocycles. The molecule has 1 aliphatic rings. The number of carbonyl (C=O) groups is 1. The Bertz CT molecular complexity index is 682. The molecule has 1 aliphatic carbocycles. The van der Waals surface area contributed by atoms with E-state index in [1.54, 1.807) is 6.07 Å². The Labute approximate surface area is 130 Å². The van der Waals surface area contributed by atoms with Crippen LogP contribution in [0.4, 0.5) is 0 Å². The number of rotatable bonds is 3. The van der Waals surface area contributed by atoms with E-state index in [4.69, 9.17) is 0 Å². The van der Waals surface area contributed by atoms with E-state index in [0.717, 1.165) is 20.7 Å². The third kappa shape index (κ3) is 2.76. The van der Waals surface area contributed by atoms with E-state index in [1.807, 2.05) is 12.1 Å². The molecule has 0 radical (unpaired) electrons. The van der Waals surface area contributed by atoms with Gasteiger partial charge in [0.1, 0.15) is 0 Å². The van der Waals surface area contributed by atoms with Crippen molar-refractivity contribution in [3.8, 4) is 0 Å². The molecular formula is C16H13BrO2S. The quantitative estimate of drug-likeness (QED) is 0.866. The standard InChI is InChI=1S/C16H13BrO2S/c17-12-5-7-15(14(9-12)16(18)19)20-13-6-4-10-2-1-3-11(10)8-13/h4-9H,1-3H2,(H,18,19). The van der Waals surface area contributed by atoms with Gasteiger partial charge in [0.05, 0.1) is 5.56 Å². The predicted molar refractivity (Wildman–Crippen MR) is 83.7 cm³/mol. The van der Waals surface area contributed by atoms with Crippen LogP contribution in [-0.2, 0) is 12.8 Å². The number of hydrogen-bond donors (Lipinski definition) is 1. The van der Waals surface area contributed by atoms with Gasteiger partial charge in [-0.25, -0.2) is 4.79 Å². The fourth-order valence-electron chi connectivity index (χ4n) is 2.50. The fourth-order valence-corrected chi connectivity index (χ4v) is 3.84. The van der Waals surface area contributed by atoms with E-state index >= 15 is 0 Å². The van der Waals surface area contributed by atoms with Crippen molar-refractivity contribution >= 4 is 33.7 Å². The largest absolute Gasteiger partial charge is 0.478 e. The Morgan fingerprint density at radius 1 is 1.10 bits per heavy atom. The van der Waals surface area contributed by atoms with Crippen molar-refractivity contribution in [3.63, 3.8) is 0 Å². The van der Waals surface area contributed by atoms with Crippen molar-refractivity contribution in [2.24, 2.45) is 0 Å². The molecule has 2 aromatic rings. The van der Waals surface area contributed by atoms with Crippen molar-refractivity contribution in [1.82, 2.24) is 0 Å². The molecule has 20 heavy (non-hydrogen) atoms. The molecule has 0 atom stereocenters. The predicted octanol–water partition coefficient (Wildman–Crippen LogP) is 4.79. The third-order valence-corrected chi connectivity index (χ3v) is 5.03. The first-order valence-corrected chi connectivity index (χ1v) is 8.07. The maximum atomic E-state index is 11.3. The van der Waals surface area contributed by atoms with E-state index in [-0.39, 0.29) is 0 Å². The summed E-state index contributed by atoms with van der Waals surface area (Å²) in [6.07, 6.45) is 3.52. The fraction of sp³-hybridized carbons (Fsp3) is 0.188. The Balaban J connectivity index is 1.93. The van der Waals surface area contributed by atoms with Gasteiger partial charge in [-0.2, -0.15) is 0 Å². The van der Waals surface area contributed by atoms with Crippen molar-refractivity contribution in [3.05, 3.63) is 57.6 Å². The SMILES string of the molecule is O=C(O)c1cc(Br)ccc1Sc1ccc2c(c1)CCC2. The highest BCUT2D eigenvalue weighted by molar-refractivity contribution is 9.10. The summed E-state index contributed by atoms with van der Waals surface area (Å²) in [6, 6.07) is 11.8. The number of benzene rings is 2. The van der Waals surface area contributed by atoms with Crippen LogP contribution in [0.3, 0.4) is 0 Å². The summed E-state index contributed by atoms with van der Waals surface area (Å²) in [4.78, 5) is 13.2. The molecule has 0 fully saturated rings. The number of aromatic carboxylic acids is 1. The zero-order valence-corrected chi connectivity index (χ0v) is 13.1. The number of carboxylic acid groups (broad SMARTS) is 1. The average Bonchev–Trinajstić information content (AvgIpc) is 2.88. The maximum absolute atomic E-state index is 11.3. The molecule has 0 amide bonds. The van der Waals surface area contributed by atoms with Crippen LogP contribution in [0.2, 0.25) is 0 Å². The molecule has 2 aromatic carbocycles. The highest BCUT2D eigenvalue weighted by Crippen LogP contribution is 2.34. The molecule has 0 unspecified atom stereocenters. The second kappa shape index (κ2) is 5.62. The molecular weight excluding hydrogens is 336 g/mol. The van der Waals surface area contributed by atoms with E-state index in [2.05, 4.69) is 34.1 Å².